The molecule has 0 aliphatic carbocycles. The molecule has 4 aromatic carbocycles. The summed E-state index contributed by atoms with van der Waals surface area (Å²) in [7, 11) is 0. The number of phenols is 1. The second-order valence-electron chi connectivity index (χ2n) is 9.98. The van der Waals surface area contributed by atoms with Gasteiger partial charge in [-0.3, -0.25) is 0 Å². The molecular formula is C36H42O5. The highest BCUT2D eigenvalue weighted by Crippen LogP contribution is 2.41. The minimum Gasteiger partial charge on any atom is -0.507 e. The summed E-state index contributed by atoms with van der Waals surface area (Å²) in [4.78, 5) is 9.60. The number of carbonyl (C=O) groups is 1. The van der Waals surface area contributed by atoms with E-state index < -0.39 is 5.97 Å². The molecule has 0 aliphatic rings. The van der Waals surface area contributed by atoms with Crippen LogP contribution in [0.5, 0.6) is 5.75 Å². The van der Waals surface area contributed by atoms with Crippen LogP contribution >= 0.6 is 0 Å². The quantitative estimate of drug-likeness (QED) is 0.169. The molecule has 0 radical (unpaired) electrons. The summed E-state index contributed by atoms with van der Waals surface area (Å²) in [5, 5.41) is 34.6. The van der Waals surface area contributed by atoms with Crippen LogP contribution in [0.3, 0.4) is 0 Å². The van der Waals surface area contributed by atoms with Gasteiger partial charge < -0.3 is 20.4 Å². The van der Waals surface area contributed by atoms with Crippen LogP contribution in [-0.2, 0) is 4.79 Å². The Balaban J connectivity index is 0.000000507. The van der Waals surface area contributed by atoms with Crippen molar-refractivity contribution in [3.05, 3.63) is 149 Å². The Kier molecular flexibility index (Phi) is 13.5. The van der Waals surface area contributed by atoms with Gasteiger partial charge in [0.2, 0.25) is 0 Å². The predicted octanol–water partition coefficient (Wildman–Crippen LogP) is 7.47. The van der Waals surface area contributed by atoms with Gasteiger partial charge in [0.25, 0.3) is 0 Å². The van der Waals surface area contributed by atoms with Crippen molar-refractivity contribution in [3.63, 3.8) is 0 Å². The Labute approximate surface area is 244 Å². The number of aromatic hydroxyl groups is 1. The molecule has 0 bridgehead atoms. The lowest BCUT2D eigenvalue weighted by atomic mass is 9.82. The lowest BCUT2D eigenvalue weighted by Gasteiger charge is -2.24. The monoisotopic (exact) mass is 554 g/mol. The van der Waals surface area contributed by atoms with Crippen LogP contribution in [0.15, 0.2) is 115 Å². The molecule has 4 aromatic rings. The number of aliphatic carboxylic acids is 1. The molecule has 3 unspecified atom stereocenters. The second kappa shape index (κ2) is 16.8. The standard InChI is InChI=1S/C30H30O.C4H6O2.C2H6O2/c1-21(24-13-7-4-8-14-24)27-19-28(22(2)25-15-9-5-10-16-25)30(31)29(20-27)23(3)26-17-11-6-12-18-26;1-3(2)4(5)6;3-1-2-4/h4-23,31H,1-3H3;1H2,2H3,(H,5,6);3-4H,1-2H2. The third-order valence-corrected chi connectivity index (χ3v) is 6.99. The Morgan fingerprint density at radius 1 is 0.634 bits per heavy atom. The summed E-state index contributed by atoms with van der Waals surface area (Å²) in [6.07, 6.45) is 0. The van der Waals surface area contributed by atoms with E-state index in [2.05, 4.69) is 118 Å². The largest absolute Gasteiger partial charge is 0.507 e. The average Bonchev–Trinajstić information content (AvgIpc) is 3.01. The van der Waals surface area contributed by atoms with Gasteiger partial charge in [0.05, 0.1) is 13.2 Å². The highest BCUT2D eigenvalue weighted by molar-refractivity contribution is 5.84. The van der Waals surface area contributed by atoms with Crippen molar-refractivity contribution in [2.24, 2.45) is 0 Å². The average molecular weight is 555 g/mol. The zero-order valence-electron chi connectivity index (χ0n) is 24.4. The number of phenolic OH excluding ortho intramolecular Hbond substituents is 1. The zero-order valence-corrected chi connectivity index (χ0v) is 24.4. The van der Waals surface area contributed by atoms with Crippen molar-refractivity contribution in [2.45, 2.75) is 45.4 Å². The smallest absolute Gasteiger partial charge is 0.330 e. The molecule has 216 valence electrons. The van der Waals surface area contributed by atoms with Crippen LogP contribution in [0.4, 0.5) is 0 Å². The molecule has 4 rings (SSSR count). The first-order chi connectivity index (χ1) is 19.6. The first-order valence-corrected chi connectivity index (χ1v) is 13.7. The Morgan fingerprint density at radius 3 is 1.20 bits per heavy atom. The molecule has 5 nitrogen and oxygen atoms in total. The highest BCUT2D eigenvalue weighted by Gasteiger charge is 2.23. The Hall–Kier alpha value is -4.19. The number of aliphatic hydroxyl groups is 2. The van der Waals surface area contributed by atoms with E-state index in [1.54, 1.807) is 0 Å². The Bertz CT molecular complexity index is 1270. The van der Waals surface area contributed by atoms with Gasteiger partial charge in [0.1, 0.15) is 5.75 Å². The fourth-order valence-corrected chi connectivity index (χ4v) is 4.39. The minimum atomic E-state index is -0.935. The SMILES string of the molecule is C=C(C)C(=O)O.CC(c1ccccc1)c1cc(C(C)c2ccccc2)c(O)c(C(C)c2ccccc2)c1.OCCO. The van der Waals surface area contributed by atoms with E-state index in [-0.39, 0.29) is 36.5 Å². The normalized spacial score (nSPS) is 12.4. The van der Waals surface area contributed by atoms with E-state index in [9.17, 15) is 9.90 Å². The van der Waals surface area contributed by atoms with Crippen molar-refractivity contribution in [1.82, 2.24) is 0 Å². The summed E-state index contributed by atoms with van der Waals surface area (Å²) in [5.74, 6) is -0.0753. The third-order valence-electron chi connectivity index (χ3n) is 6.99. The topological polar surface area (TPSA) is 98.0 Å². The molecule has 41 heavy (non-hydrogen) atoms. The van der Waals surface area contributed by atoms with Gasteiger partial charge in [-0.1, -0.05) is 130 Å². The predicted molar refractivity (Wildman–Crippen MR) is 167 cm³/mol. The zero-order chi connectivity index (χ0) is 30.4. The lowest BCUT2D eigenvalue weighted by molar-refractivity contribution is -0.132. The molecule has 4 N–H and O–H groups in total. The molecule has 0 aromatic heterocycles. The van der Waals surface area contributed by atoms with Crippen molar-refractivity contribution in [3.8, 4) is 5.75 Å². The summed E-state index contributed by atoms with van der Waals surface area (Å²) in [6.45, 7) is 11.0. The number of hydrogen-bond donors (Lipinski definition) is 4. The van der Waals surface area contributed by atoms with Crippen LogP contribution in [0.25, 0.3) is 0 Å². The molecule has 0 heterocycles. The molecule has 3 atom stereocenters. The van der Waals surface area contributed by atoms with E-state index in [0.29, 0.717) is 5.75 Å². The van der Waals surface area contributed by atoms with Crippen molar-refractivity contribution >= 4 is 5.97 Å². The van der Waals surface area contributed by atoms with E-state index in [1.807, 2.05) is 12.1 Å². The van der Waals surface area contributed by atoms with Crippen molar-refractivity contribution in [2.75, 3.05) is 13.2 Å². The number of rotatable bonds is 8. The van der Waals surface area contributed by atoms with Crippen LogP contribution in [0.1, 0.15) is 78.8 Å². The van der Waals surface area contributed by atoms with E-state index in [4.69, 9.17) is 15.3 Å². The lowest BCUT2D eigenvalue weighted by Crippen LogP contribution is -2.06. The molecular weight excluding hydrogens is 512 g/mol. The molecule has 0 saturated heterocycles. The van der Waals surface area contributed by atoms with Crippen molar-refractivity contribution in [1.29, 1.82) is 0 Å². The number of benzene rings is 4. The molecule has 0 aliphatic heterocycles. The highest BCUT2D eigenvalue weighted by atomic mass is 16.4. The first kappa shape index (κ1) is 33.0. The summed E-state index contributed by atoms with van der Waals surface area (Å²) >= 11 is 0. The van der Waals surface area contributed by atoms with Gasteiger partial charge in [0, 0.05) is 34.5 Å². The number of carboxylic acid groups (broad SMARTS) is 1. The van der Waals surface area contributed by atoms with Crippen molar-refractivity contribution < 1.29 is 25.2 Å². The summed E-state index contributed by atoms with van der Waals surface area (Å²) < 4.78 is 0. The molecule has 0 fully saturated rings. The summed E-state index contributed by atoms with van der Waals surface area (Å²) in [5.41, 5.74) is 7.09. The summed E-state index contributed by atoms with van der Waals surface area (Å²) in [6, 6.07) is 35.9. The van der Waals surface area contributed by atoms with Crippen LogP contribution in [0.2, 0.25) is 0 Å². The Morgan fingerprint density at radius 2 is 0.927 bits per heavy atom. The van der Waals surface area contributed by atoms with E-state index in [0.717, 1.165) is 11.1 Å². The molecule has 0 spiro atoms. The maximum Gasteiger partial charge on any atom is 0.330 e. The van der Waals surface area contributed by atoms with Crippen LogP contribution < -0.4 is 0 Å². The maximum absolute atomic E-state index is 11.4. The fraction of sp³-hybridized carbons (Fsp3) is 0.250. The molecule has 5 heteroatoms. The van der Waals surface area contributed by atoms with Gasteiger partial charge >= 0.3 is 5.97 Å². The minimum absolute atomic E-state index is 0.103. The molecule has 0 amide bonds. The number of aliphatic hydroxyl groups excluding tert-OH is 2. The number of hydrogen-bond acceptors (Lipinski definition) is 4. The van der Waals surface area contributed by atoms with Crippen LogP contribution in [0, 0.1) is 0 Å². The van der Waals surface area contributed by atoms with Gasteiger partial charge in [-0.2, -0.15) is 0 Å². The van der Waals surface area contributed by atoms with Gasteiger partial charge in [0.15, 0.2) is 0 Å². The number of carboxylic acids is 1. The van der Waals surface area contributed by atoms with Gasteiger partial charge in [-0.15, -0.1) is 0 Å². The van der Waals surface area contributed by atoms with Crippen LogP contribution in [-0.4, -0.2) is 39.6 Å². The first-order valence-electron chi connectivity index (χ1n) is 13.7. The van der Waals surface area contributed by atoms with Gasteiger partial charge in [-0.25, -0.2) is 4.79 Å². The molecule has 0 saturated carbocycles. The van der Waals surface area contributed by atoms with E-state index >= 15 is 0 Å². The fourth-order valence-electron chi connectivity index (χ4n) is 4.39. The van der Waals surface area contributed by atoms with E-state index in [1.165, 1.54) is 29.2 Å². The van der Waals surface area contributed by atoms with Gasteiger partial charge in [-0.05, 0) is 29.2 Å². The third kappa shape index (κ3) is 9.75. The second-order valence-corrected chi connectivity index (χ2v) is 9.98. The maximum atomic E-state index is 11.4.